The van der Waals surface area contributed by atoms with Crippen LogP contribution in [0.1, 0.15) is 10.4 Å². The number of hydrogen-bond acceptors (Lipinski definition) is 5. The van der Waals surface area contributed by atoms with Crippen molar-refractivity contribution in [1.82, 2.24) is 0 Å². The molecule has 0 atom stereocenters. The van der Waals surface area contributed by atoms with Crippen LogP contribution < -0.4 is 19.5 Å². The van der Waals surface area contributed by atoms with E-state index in [1.807, 2.05) is 24.3 Å². The highest BCUT2D eigenvalue weighted by molar-refractivity contribution is 7.92. The quantitative estimate of drug-likeness (QED) is 0.407. The third kappa shape index (κ3) is 4.61. The molecule has 0 aliphatic heterocycles. The number of fused-ring (bicyclic) bond motifs is 1. The fourth-order valence-corrected chi connectivity index (χ4v) is 4.56. The van der Waals surface area contributed by atoms with E-state index >= 15 is 0 Å². The summed E-state index contributed by atoms with van der Waals surface area (Å²) >= 11 is 0. The molecule has 8 heteroatoms. The summed E-state index contributed by atoms with van der Waals surface area (Å²) in [4.78, 5) is 13.2. The molecule has 33 heavy (non-hydrogen) atoms. The fourth-order valence-electron chi connectivity index (χ4n) is 3.48. The Bertz CT molecular complexity index is 1420. The monoisotopic (exact) mass is 462 g/mol. The van der Waals surface area contributed by atoms with Gasteiger partial charge in [0.05, 0.1) is 30.4 Å². The largest absolute Gasteiger partial charge is 0.497 e. The maximum absolute atomic E-state index is 13.1. The molecule has 0 radical (unpaired) electrons. The molecule has 0 saturated carbocycles. The highest BCUT2D eigenvalue weighted by Gasteiger charge is 2.19. The van der Waals surface area contributed by atoms with Gasteiger partial charge in [0.15, 0.2) is 0 Å². The van der Waals surface area contributed by atoms with Gasteiger partial charge in [-0.15, -0.1) is 0 Å². The number of hydrogen-bond donors (Lipinski definition) is 2. The van der Waals surface area contributed by atoms with E-state index in [0.29, 0.717) is 17.2 Å². The van der Waals surface area contributed by atoms with Crippen LogP contribution in [0.2, 0.25) is 0 Å². The van der Waals surface area contributed by atoms with E-state index < -0.39 is 15.9 Å². The van der Waals surface area contributed by atoms with E-state index in [-0.39, 0.29) is 16.1 Å². The van der Waals surface area contributed by atoms with Gasteiger partial charge in [-0.1, -0.05) is 36.4 Å². The molecule has 0 bridgehead atoms. The van der Waals surface area contributed by atoms with Gasteiger partial charge in [0.2, 0.25) is 0 Å². The van der Waals surface area contributed by atoms with Crippen molar-refractivity contribution in [1.29, 1.82) is 0 Å². The third-order valence-electron chi connectivity index (χ3n) is 5.14. The molecule has 7 nitrogen and oxygen atoms in total. The first kappa shape index (κ1) is 22.2. The molecule has 4 rings (SSSR count). The summed E-state index contributed by atoms with van der Waals surface area (Å²) in [5.74, 6) is 0.787. The number of carbonyl (C=O) groups is 1. The molecular formula is C25H22N2O5S. The average molecular weight is 463 g/mol. The second-order valence-corrected chi connectivity index (χ2v) is 8.82. The van der Waals surface area contributed by atoms with Crippen LogP contribution in [0.3, 0.4) is 0 Å². The molecule has 0 fully saturated rings. The number of ether oxygens (including phenoxy) is 2. The number of nitrogens with one attached hydrogen (secondary N) is 2. The SMILES string of the molecule is COc1ccc(S(=O)(=O)Nc2ccccc2C(=O)Nc2ccc(OC)c3ccccc23)cc1. The molecule has 0 unspecified atom stereocenters. The van der Waals surface area contributed by atoms with Crippen molar-refractivity contribution in [3.8, 4) is 11.5 Å². The zero-order valence-corrected chi connectivity index (χ0v) is 18.8. The molecule has 0 spiro atoms. The van der Waals surface area contributed by atoms with Crippen LogP contribution in [0.5, 0.6) is 11.5 Å². The number of anilines is 2. The Balaban J connectivity index is 1.64. The Morgan fingerprint density at radius 1 is 0.727 bits per heavy atom. The highest BCUT2D eigenvalue weighted by atomic mass is 32.2. The van der Waals surface area contributed by atoms with Gasteiger partial charge in [-0.25, -0.2) is 8.42 Å². The summed E-state index contributed by atoms with van der Waals surface area (Å²) in [5, 5.41) is 4.55. The lowest BCUT2D eigenvalue weighted by atomic mass is 10.1. The Hall–Kier alpha value is -4.04. The number of amides is 1. The van der Waals surface area contributed by atoms with Crippen molar-refractivity contribution in [3.63, 3.8) is 0 Å². The normalized spacial score (nSPS) is 11.1. The number of benzene rings is 4. The van der Waals surface area contributed by atoms with E-state index in [1.165, 1.54) is 19.2 Å². The van der Waals surface area contributed by atoms with Crippen LogP contribution >= 0.6 is 0 Å². The molecule has 4 aromatic rings. The number of para-hydroxylation sites is 1. The van der Waals surface area contributed by atoms with Gasteiger partial charge in [0.1, 0.15) is 11.5 Å². The summed E-state index contributed by atoms with van der Waals surface area (Å²) in [6.07, 6.45) is 0. The lowest BCUT2D eigenvalue weighted by molar-refractivity contribution is 0.102. The second kappa shape index (κ2) is 9.22. The minimum absolute atomic E-state index is 0.0552. The highest BCUT2D eigenvalue weighted by Crippen LogP contribution is 2.32. The molecule has 1 amide bonds. The summed E-state index contributed by atoms with van der Waals surface area (Å²) in [7, 11) is -0.822. The van der Waals surface area contributed by atoms with Crippen molar-refractivity contribution in [2.24, 2.45) is 0 Å². The third-order valence-corrected chi connectivity index (χ3v) is 6.52. The van der Waals surface area contributed by atoms with Crippen molar-refractivity contribution >= 4 is 38.1 Å². The van der Waals surface area contributed by atoms with Crippen LogP contribution in [0, 0.1) is 0 Å². The first-order valence-corrected chi connectivity index (χ1v) is 11.5. The Labute approximate surface area is 192 Å². The van der Waals surface area contributed by atoms with Gasteiger partial charge in [0, 0.05) is 16.5 Å². The van der Waals surface area contributed by atoms with E-state index in [1.54, 1.807) is 55.6 Å². The number of carbonyl (C=O) groups excluding carboxylic acids is 1. The Morgan fingerprint density at radius 2 is 1.39 bits per heavy atom. The maximum atomic E-state index is 13.1. The summed E-state index contributed by atoms with van der Waals surface area (Å²) in [5.41, 5.74) is 0.947. The number of methoxy groups -OCH3 is 2. The van der Waals surface area contributed by atoms with Crippen molar-refractivity contribution < 1.29 is 22.7 Å². The lowest BCUT2D eigenvalue weighted by Crippen LogP contribution is -2.18. The van der Waals surface area contributed by atoms with Crippen LogP contribution in [0.4, 0.5) is 11.4 Å². The smallest absolute Gasteiger partial charge is 0.261 e. The van der Waals surface area contributed by atoms with Gasteiger partial charge in [-0.3, -0.25) is 9.52 Å². The van der Waals surface area contributed by atoms with E-state index in [2.05, 4.69) is 10.0 Å². The molecule has 4 aromatic carbocycles. The molecule has 0 saturated heterocycles. The van der Waals surface area contributed by atoms with Crippen LogP contribution in [0.15, 0.2) is 89.8 Å². The first-order chi connectivity index (χ1) is 15.9. The van der Waals surface area contributed by atoms with Crippen molar-refractivity contribution in [2.75, 3.05) is 24.3 Å². The van der Waals surface area contributed by atoms with Crippen LogP contribution in [-0.2, 0) is 10.0 Å². The van der Waals surface area contributed by atoms with Crippen LogP contribution in [-0.4, -0.2) is 28.5 Å². The minimum Gasteiger partial charge on any atom is -0.497 e. The van der Waals surface area contributed by atoms with Gasteiger partial charge >= 0.3 is 0 Å². The van der Waals surface area contributed by atoms with Gasteiger partial charge in [0.25, 0.3) is 15.9 Å². The average Bonchev–Trinajstić information content (AvgIpc) is 2.84. The second-order valence-electron chi connectivity index (χ2n) is 7.14. The summed E-state index contributed by atoms with van der Waals surface area (Å²) in [6.45, 7) is 0. The molecule has 0 aliphatic rings. The van der Waals surface area contributed by atoms with Crippen molar-refractivity contribution in [2.45, 2.75) is 4.90 Å². The maximum Gasteiger partial charge on any atom is 0.261 e. The van der Waals surface area contributed by atoms with Gasteiger partial charge in [-0.05, 0) is 48.5 Å². The summed E-state index contributed by atoms with van der Waals surface area (Å²) in [6, 6.07) is 23.5. The molecule has 2 N–H and O–H groups in total. The summed E-state index contributed by atoms with van der Waals surface area (Å²) < 4.78 is 38.8. The number of rotatable bonds is 7. The fraction of sp³-hybridized carbons (Fsp3) is 0.0800. The predicted octanol–water partition coefficient (Wildman–Crippen LogP) is 4.91. The topological polar surface area (TPSA) is 93.7 Å². The number of sulfonamides is 1. The first-order valence-electron chi connectivity index (χ1n) is 10.1. The van der Waals surface area contributed by atoms with E-state index in [9.17, 15) is 13.2 Å². The molecular weight excluding hydrogens is 440 g/mol. The Kier molecular flexibility index (Phi) is 6.19. The molecule has 168 valence electrons. The molecule has 0 aromatic heterocycles. The van der Waals surface area contributed by atoms with E-state index in [0.717, 1.165) is 10.8 Å². The van der Waals surface area contributed by atoms with Gasteiger partial charge in [-0.2, -0.15) is 0 Å². The predicted molar refractivity (Wildman–Crippen MR) is 129 cm³/mol. The lowest BCUT2D eigenvalue weighted by Gasteiger charge is -2.15. The van der Waals surface area contributed by atoms with Crippen molar-refractivity contribution in [3.05, 3.63) is 90.5 Å². The van der Waals surface area contributed by atoms with Gasteiger partial charge < -0.3 is 14.8 Å². The molecule has 0 heterocycles. The Morgan fingerprint density at radius 3 is 2.09 bits per heavy atom. The van der Waals surface area contributed by atoms with Crippen LogP contribution in [0.25, 0.3) is 10.8 Å². The van der Waals surface area contributed by atoms with E-state index in [4.69, 9.17) is 9.47 Å². The minimum atomic E-state index is -3.91. The standard InChI is InChI=1S/C25H22N2O5S/c1-31-17-11-13-18(14-12-17)33(29,30)27-23-10-6-5-9-21(23)25(28)26-22-15-16-24(32-2)20-8-4-3-7-19(20)22/h3-16,27H,1-2H3,(H,26,28). The molecule has 0 aliphatic carbocycles. The zero-order chi connectivity index (χ0) is 23.4. The zero-order valence-electron chi connectivity index (χ0n) is 18.0.